The quantitative estimate of drug-likeness (QED) is 0.496. The number of amides is 1. The lowest BCUT2D eigenvalue weighted by Crippen LogP contribution is -2.20. The van der Waals surface area contributed by atoms with E-state index in [0.717, 1.165) is 0 Å². The van der Waals surface area contributed by atoms with Crippen LogP contribution in [0.25, 0.3) is 0 Å². The number of para-hydroxylation sites is 1. The van der Waals surface area contributed by atoms with Gasteiger partial charge in [-0.25, -0.2) is 4.79 Å². The molecule has 0 spiro atoms. The fourth-order valence-electron chi connectivity index (χ4n) is 2.71. The number of sulfonamides is 1. The Kier molecular flexibility index (Phi) is 6.17. The van der Waals surface area contributed by atoms with Crippen LogP contribution in [-0.2, 0) is 14.8 Å². The predicted octanol–water partition coefficient (Wildman–Crippen LogP) is 2.95. The number of aromatic amines is 1. The molecule has 0 saturated carbocycles. The zero-order chi connectivity index (χ0) is 21.7. The van der Waals surface area contributed by atoms with Gasteiger partial charge in [0.2, 0.25) is 5.03 Å². The number of H-pyrrole nitrogens is 1. The fourth-order valence-corrected chi connectivity index (χ4v) is 3.93. The molecule has 3 aromatic rings. The van der Waals surface area contributed by atoms with E-state index in [9.17, 15) is 18.0 Å². The van der Waals surface area contributed by atoms with Gasteiger partial charge in [0.05, 0.1) is 12.2 Å². The van der Waals surface area contributed by atoms with Crippen molar-refractivity contribution in [3.8, 4) is 0 Å². The largest absolute Gasteiger partial charge is 0.462 e. The van der Waals surface area contributed by atoms with Crippen molar-refractivity contribution >= 4 is 33.3 Å². The van der Waals surface area contributed by atoms with Gasteiger partial charge in [0.1, 0.15) is 5.56 Å². The Labute approximate surface area is 173 Å². The number of hydrogen-bond donors (Lipinski definition) is 3. The standard InChI is InChI=1S/C20H20N4O5S/c1-3-29-20(26)14-8-7-11-16(12-14)21-18(25)17-13(2)22-23-19(17)30(27,28)24-15-9-5-4-6-10-15/h4-12,24H,3H2,1-2H3,(H,21,25)(H,22,23). The summed E-state index contributed by atoms with van der Waals surface area (Å²) in [5, 5.41) is 8.52. The Morgan fingerprint density at radius 3 is 2.47 bits per heavy atom. The van der Waals surface area contributed by atoms with Crippen LogP contribution < -0.4 is 10.0 Å². The molecule has 9 nitrogen and oxygen atoms in total. The summed E-state index contributed by atoms with van der Waals surface area (Å²) in [6.45, 7) is 3.45. The number of aryl methyl sites for hydroxylation is 1. The minimum absolute atomic E-state index is 0.125. The van der Waals surface area contributed by atoms with Gasteiger partial charge in [-0.05, 0) is 44.2 Å². The summed E-state index contributed by atoms with van der Waals surface area (Å²) in [6, 6.07) is 14.4. The number of nitrogens with zero attached hydrogens (tertiary/aromatic N) is 1. The topological polar surface area (TPSA) is 130 Å². The summed E-state index contributed by atoms with van der Waals surface area (Å²) in [7, 11) is -4.12. The third-order valence-corrected chi connectivity index (χ3v) is 5.36. The summed E-state index contributed by atoms with van der Waals surface area (Å²) in [4.78, 5) is 24.7. The normalized spacial score (nSPS) is 11.0. The summed E-state index contributed by atoms with van der Waals surface area (Å²) in [6.07, 6.45) is 0. The van der Waals surface area contributed by atoms with Gasteiger partial charge in [-0.2, -0.15) is 13.5 Å². The minimum Gasteiger partial charge on any atom is -0.462 e. The van der Waals surface area contributed by atoms with Crippen molar-refractivity contribution in [1.29, 1.82) is 0 Å². The molecule has 0 bridgehead atoms. The number of rotatable bonds is 7. The van der Waals surface area contributed by atoms with E-state index in [4.69, 9.17) is 4.74 Å². The van der Waals surface area contributed by atoms with Crippen molar-refractivity contribution in [2.45, 2.75) is 18.9 Å². The number of esters is 1. The van der Waals surface area contributed by atoms with Gasteiger partial charge in [-0.15, -0.1) is 0 Å². The first-order valence-corrected chi connectivity index (χ1v) is 10.5. The molecular weight excluding hydrogens is 408 g/mol. The number of nitrogens with one attached hydrogen (secondary N) is 3. The maximum Gasteiger partial charge on any atom is 0.338 e. The maximum atomic E-state index is 12.8. The minimum atomic E-state index is -4.12. The van der Waals surface area contributed by atoms with Crippen LogP contribution in [0.15, 0.2) is 59.6 Å². The first kappa shape index (κ1) is 21.1. The van der Waals surface area contributed by atoms with Gasteiger partial charge in [0, 0.05) is 17.1 Å². The van der Waals surface area contributed by atoms with Crippen LogP contribution in [0.2, 0.25) is 0 Å². The van der Waals surface area contributed by atoms with Crippen molar-refractivity contribution in [3.05, 3.63) is 71.4 Å². The first-order chi connectivity index (χ1) is 14.3. The van der Waals surface area contributed by atoms with E-state index >= 15 is 0 Å². The molecular formula is C20H20N4O5S. The van der Waals surface area contributed by atoms with Crippen LogP contribution in [0.1, 0.15) is 33.3 Å². The second-order valence-electron chi connectivity index (χ2n) is 6.26. The average molecular weight is 428 g/mol. The summed E-state index contributed by atoms with van der Waals surface area (Å²) >= 11 is 0. The second kappa shape index (κ2) is 8.78. The molecule has 3 N–H and O–H groups in total. The molecule has 0 aliphatic carbocycles. The van der Waals surface area contributed by atoms with E-state index in [2.05, 4.69) is 20.2 Å². The van der Waals surface area contributed by atoms with Gasteiger partial charge >= 0.3 is 5.97 Å². The number of aromatic nitrogens is 2. The van der Waals surface area contributed by atoms with E-state index in [1.807, 2.05) is 0 Å². The summed E-state index contributed by atoms with van der Waals surface area (Å²) in [5.74, 6) is -1.21. The monoisotopic (exact) mass is 428 g/mol. The highest BCUT2D eigenvalue weighted by Crippen LogP contribution is 2.22. The van der Waals surface area contributed by atoms with E-state index < -0.39 is 26.9 Å². The molecule has 10 heteroatoms. The number of benzene rings is 2. The third-order valence-electron chi connectivity index (χ3n) is 4.05. The SMILES string of the molecule is CCOC(=O)c1cccc(NC(=O)c2c(S(=O)(=O)Nc3ccccc3)n[nH]c2C)c1. The number of carbonyl (C=O) groups excluding carboxylic acids is 2. The van der Waals surface area contributed by atoms with Gasteiger partial charge < -0.3 is 10.1 Å². The highest BCUT2D eigenvalue weighted by molar-refractivity contribution is 7.92. The Morgan fingerprint density at radius 2 is 1.77 bits per heavy atom. The molecule has 0 aliphatic heterocycles. The van der Waals surface area contributed by atoms with E-state index in [0.29, 0.717) is 11.4 Å². The smallest absolute Gasteiger partial charge is 0.338 e. The molecule has 0 atom stereocenters. The molecule has 0 unspecified atom stereocenters. The molecule has 1 amide bonds. The van der Waals surface area contributed by atoms with Crippen LogP contribution in [0, 0.1) is 6.92 Å². The summed E-state index contributed by atoms with van der Waals surface area (Å²) in [5.41, 5.74) is 1.07. The van der Waals surface area contributed by atoms with Crippen LogP contribution in [-0.4, -0.2) is 37.1 Å². The molecule has 30 heavy (non-hydrogen) atoms. The number of carbonyl (C=O) groups is 2. The molecule has 0 fully saturated rings. The molecule has 0 aliphatic rings. The lowest BCUT2D eigenvalue weighted by Gasteiger charge is -2.10. The van der Waals surface area contributed by atoms with E-state index in [1.165, 1.54) is 6.07 Å². The van der Waals surface area contributed by atoms with Crippen molar-refractivity contribution in [2.75, 3.05) is 16.6 Å². The van der Waals surface area contributed by atoms with E-state index in [-0.39, 0.29) is 23.4 Å². The Balaban J connectivity index is 1.87. The lowest BCUT2D eigenvalue weighted by atomic mass is 10.2. The van der Waals surface area contributed by atoms with Gasteiger partial charge in [0.25, 0.3) is 15.9 Å². The van der Waals surface area contributed by atoms with Gasteiger partial charge in [0.15, 0.2) is 0 Å². The zero-order valence-electron chi connectivity index (χ0n) is 16.3. The Bertz CT molecular complexity index is 1170. The third kappa shape index (κ3) is 4.66. The number of anilines is 2. The van der Waals surface area contributed by atoms with Gasteiger partial charge in [-0.1, -0.05) is 24.3 Å². The molecule has 0 radical (unpaired) electrons. The highest BCUT2D eigenvalue weighted by Gasteiger charge is 2.28. The zero-order valence-corrected chi connectivity index (χ0v) is 17.1. The first-order valence-electron chi connectivity index (χ1n) is 9.03. The maximum absolute atomic E-state index is 12.8. The molecule has 0 saturated heterocycles. The Hall–Kier alpha value is -3.66. The van der Waals surface area contributed by atoms with Gasteiger partial charge in [-0.3, -0.25) is 14.6 Å². The van der Waals surface area contributed by atoms with Crippen molar-refractivity contribution in [3.63, 3.8) is 0 Å². The summed E-state index contributed by atoms with van der Waals surface area (Å²) < 4.78 is 32.9. The highest BCUT2D eigenvalue weighted by atomic mass is 32.2. The molecule has 3 rings (SSSR count). The van der Waals surface area contributed by atoms with Crippen LogP contribution in [0.3, 0.4) is 0 Å². The Morgan fingerprint density at radius 1 is 1.07 bits per heavy atom. The second-order valence-corrected chi connectivity index (χ2v) is 7.85. The van der Waals surface area contributed by atoms with Crippen molar-refractivity contribution < 1.29 is 22.7 Å². The molecule has 1 heterocycles. The predicted molar refractivity (Wildman–Crippen MR) is 111 cm³/mol. The molecule has 2 aromatic carbocycles. The van der Waals surface area contributed by atoms with Crippen LogP contribution >= 0.6 is 0 Å². The van der Waals surface area contributed by atoms with Crippen LogP contribution in [0.5, 0.6) is 0 Å². The number of hydrogen-bond acceptors (Lipinski definition) is 6. The van der Waals surface area contributed by atoms with Crippen molar-refractivity contribution in [2.24, 2.45) is 0 Å². The lowest BCUT2D eigenvalue weighted by molar-refractivity contribution is 0.0526. The van der Waals surface area contributed by atoms with E-state index in [1.54, 1.807) is 62.4 Å². The van der Waals surface area contributed by atoms with Crippen molar-refractivity contribution in [1.82, 2.24) is 10.2 Å². The fraction of sp³-hybridized carbons (Fsp3) is 0.150. The molecule has 1 aromatic heterocycles. The number of ether oxygens (including phenoxy) is 1. The average Bonchev–Trinajstić information content (AvgIpc) is 3.11. The molecule has 156 valence electrons. The van der Waals surface area contributed by atoms with Crippen LogP contribution in [0.4, 0.5) is 11.4 Å².